The van der Waals surface area contributed by atoms with E-state index in [9.17, 15) is 12.8 Å². The summed E-state index contributed by atoms with van der Waals surface area (Å²) in [7, 11) is -3.67. The first-order chi connectivity index (χ1) is 11.4. The van der Waals surface area contributed by atoms with Crippen molar-refractivity contribution in [3.8, 4) is 5.69 Å². The molecule has 138 valence electrons. The molecule has 2 aromatic rings. The summed E-state index contributed by atoms with van der Waals surface area (Å²) in [6, 6.07) is 6.09. The molecule has 0 saturated carbocycles. The van der Waals surface area contributed by atoms with E-state index in [1.807, 2.05) is 0 Å². The van der Waals surface area contributed by atoms with Crippen LogP contribution < -0.4 is 10.0 Å². The van der Waals surface area contributed by atoms with E-state index in [1.54, 1.807) is 18.2 Å². The fourth-order valence-corrected chi connectivity index (χ4v) is 3.90. The van der Waals surface area contributed by atoms with Crippen molar-refractivity contribution in [2.45, 2.75) is 24.7 Å². The molecule has 1 saturated heterocycles. The van der Waals surface area contributed by atoms with Crippen molar-refractivity contribution in [1.82, 2.24) is 19.8 Å². The van der Waals surface area contributed by atoms with Crippen LogP contribution in [0.4, 0.5) is 4.39 Å². The normalized spacial score (nSPS) is 17.0. The van der Waals surface area contributed by atoms with Crippen LogP contribution in [-0.2, 0) is 10.0 Å². The summed E-state index contributed by atoms with van der Waals surface area (Å²) >= 11 is 0. The van der Waals surface area contributed by atoms with Crippen LogP contribution in [0.2, 0.25) is 0 Å². The Morgan fingerprint density at radius 3 is 2.68 bits per heavy atom. The van der Waals surface area contributed by atoms with Gasteiger partial charge in [-0.25, -0.2) is 22.2 Å². The van der Waals surface area contributed by atoms with Gasteiger partial charge in [0.15, 0.2) is 0 Å². The molecule has 3 rings (SSSR count). The fraction of sp³-hybridized carbons (Fsp3) is 0.438. The Labute approximate surface area is 153 Å². The first-order valence-corrected chi connectivity index (χ1v) is 9.38. The topological polar surface area (TPSA) is 76.0 Å². The zero-order valence-electron chi connectivity index (χ0n) is 13.9. The van der Waals surface area contributed by atoms with E-state index in [0.29, 0.717) is 6.54 Å². The Balaban J connectivity index is 0.00000225. The van der Waals surface area contributed by atoms with Crippen LogP contribution in [0.3, 0.4) is 0 Å². The van der Waals surface area contributed by atoms with Gasteiger partial charge in [-0.05, 0) is 43.5 Å². The largest absolute Gasteiger partial charge is 0.317 e. The van der Waals surface area contributed by atoms with Crippen LogP contribution in [0.15, 0.2) is 41.6 Å². The quantitative estimate of drug-likeness (QED) is 0.822. The number of benzene rings is 1. The molecule has 6 nitrogen and oxygen atoms in total. The van der Waals surface area contributed by atoms with Crippen LogP contribution in [0, 0.1) is 11.2 Å². The lowest BCUT2D eigenvalue weighted by atomic mass is 9.81. The maximum atomic E-state index is 13.8. The second-order valence-corrected chi connectivity index (χ2v) is 8.22. The minimum atomic E-state index is -3.67. The van der Waals surface area contributed by atoms with E-state index in [2.05, 4.69) is 22.1 Å². The molecule has 0 amide bonds. The molecule has 0 atom stereocenters. The number of sulfonamides is 1. The molecule has 2 N–H and O–H groups in total. The van der Waals surface area contributed by atoms with Crippen LogP contribution in [0.5, 0.6) is 0 Å². The van der Waals surface area contributed by atoms with E-state index < -0.39 is 15.8 Å². The van der Waals surface area contributed by atoms with Crippen molar-refractivity contribution < 1.29 is 12.8 Å². The van der Waals surface area contributed by atoms with Gasteiger partial charge in [0.25, 0.3) is 0 Å². The second-order valence-electron chi connectivity index (χ2n) is 6.46. The van der Waals surface area contributed by atoms with Crippen LogP contribution in [0.25, 0.3) is 5.69 Å². The van der Waals surface area contributed by atoms with Gasteiger partial charge in [-0.2, -0.15) is 5.10 Å². The Kier molecular flexibility index (Phi) is 6.21. The maximum Gasteiger partial charge on any atom is 0.243 e. The van der Waals surface area contributed by atoms with E-state index in [4.69, 9.17) is 0 Å². The van der Waals surface area contributed by atoms with Gasteiger partial charge in [0.05, 0.1) is 12.4 Å². The summed E-state index contributed by atoms with van der Waals surface area (Å²) in [6.07, 6.45) is 4.40. The van der Waals surface area contributed by atoms with Gasteiger partial charge in [-0.1, -0.05) is 19.1 Å². The summed E-state index contributed by atoms with van der Waals surface area (Å²) in [5, 5.41) is 7.24. The van der Waals surface area contributed by atoms with E-state index in [1.165, 1.54) is 23.1 Å². The van der Waals surface area contributed by atoms with Gasteiger partial charge in [-0.15, -0.1) is 12.4 Å². The van der Waals surface area contributed by atoms with Gasteiger partial charge >= 0.3 is 0 Å². The molecular formula is C16H22ClFN4O2S. The van der Waals surface area contributed by atoms with Gasteiger partial charge in [0.2, 0.25) is 10.0 Å². The summed E-state index contributed by atoms with van der Waals surface area (Å²) in [5.74, 6) is -0.459. The number of rotatable bonds is 5. The van der Waals surface area contributed by atoms with Crippen LogP contribution in [-0.4, -0.2) is 37.8 Å². The molecule has 1 aromatic heterocycles. The Hall–Kier alpha value is -1.48. The molecule has 9 heteroatoms. The first kappa shape index (κ1) is 19.8. The molecule has 0 bridgehead atoms. The number of nitrogens with zero attached hydrogens (tertiary/aromatic N) is 2. The van der Waals surface area contributed by atoms with E-state index in [-0.39, 0.29) is 28.4 Å². The number of hydrogen-bond acceptors (Lipinski definition) is 4. The van der Waals surface area contributed by atoms with Gasteiger partial charge in [0.1, 0.15) is 16.4 Å². The van der Waals surface area contributed by atoms with Crippen molar-refractivity contribution >= 4 is 22.4 Å². The van der Waals surface area contributed by atoms with Crippen LogP contribution in [0.1, 0.15) is 19.8 Å². The molecule has 0 spiro atoms. The summed E-state index contributed by atoms with van der Waals surface area (Å²) < 4.78 is 42.6. The molecule has 0 aliphatic carbocycles. The molecule has 0 radical (unpaired) electrons. The molecule has 2 heterocycles. The summed E-state index contributed by atoms with van der Waals surface area (Å²) in [5.41, 5.74) is 0.157. The average Bonchev–Trinajstić information content (AvgIpc) is 3.05. The molecule has 25 heavy (non-hydrogen) atoms. The monoisotopic (exact) mass is 388 g/mol. The highest BCUT2D eigenvalue weighted by molar-refractivity contribution is 7.89. The van der Waals surface area contributed by atoms with E-state index in [0.717, 1.165) is 25.9 Å². The second kappa shape index (κ2) is 7.82. The number of aromatic nitrogens is 2. The minimum absolute atomic E-state index is 0. The number of nitrogens with one attached hydrogen (secondary N) is 2. The zero-order chi connectivity index (χ0) is 17.2. The van der Waals surface area contributed by atoms with Crippen molar-refractivity contribution in [1.29, 1.82) is 0 Å². The molecule has 0 unspecified atom stereocenters. The van der Waals surface area contributed by atoms with Crippen molar-refractivity contribution in [2.24, 2.45) is 5.41 Å². The van der Waals surface area contributed by atoms with Gasteiger partial charge in [-0.3, -0.25) is 0 Å². The highest BCUT2D eigenvalue weighted by Crippen LogP contribution is 2.27. The lowest BCUT2D eigenvalue weighted by Crippen LogP contribution is -2.42. The highest BCUT2D eigenvalue weighted by atomic mass is 35.5. The van der Waals surface area contributed by atoms with Gasteiger partial charge in [0, 0.05) is 6.54 Å². The fourth-order valence-electron chi connectivity index (χ4n) is 2.77. The molecule has 1 aromatic carbocycles. The smallest absolute Gasteiger partial charge is 0.243 e. The predicted octanol–water partition coefficient (Wildman–Crippen LogP) is 2.10. The third kappa shape index (κ3) is 4.58. The lowest BCUT2D eigenvalue weighted by molar-refractivity contribution is 0.232. The standard InChI is InChI=1S/C16H21FN4O2S.ClH/c1-16(6-8-18-9-7-16)12-20-24(22,23)13-10-19-21(11-13)15-5-3-2-4-14(15)17;/h2-5,10-11,18,20H,6-9,12H2,1H3;1H. The predicted molar refractivity (Wildman–Crippen MR) is 96.2 cm³/mol. The highest BCUT2D eigenvalue weighted by Gasteiger charge is 2.29. The zero-order valence-corrected chi connectivity index (χ0v) is 15.5. The minimum Gasteiger partial charge on any atom is -0.317 e. The average molecular weight is 389 g/mol. The Morgan fingerprint density at radius 1 is 1.32 bits per heavy atom. The summed E-state index contributed by atoms with van der Waals surface area (Å²) in [4.78, 5) is 0.0308. The molecular weight excluding hydrogens is 367 g/mol. The number of halogens is 2. The third-order valence-corrected chi connectivity index (χ3v) is 5.82. The first-order valence-electron chi connectivity index (χ1n) is 7.90. The maximum absolute atomic E-state index is 13.8. The SMILES string of the molecule is CC1(CNS(=O)(=O)c2cnn(-c3ccccc3F)c2)CCNCC1.Cl. The molecule has 1 aliphatic heterocycles. The molecule has 1 aliphatic rings. The summed E-state index contributed by atoms with van der Waals surface area (Å²) in [6.45, 7) is 4.24. The Bertz CT molecular complexity index is 819. The van der Waals surface area contributed by atoms with Gasteiger partial charge < -0.3 is 5.32 Å². The molecule has 1 fully saturated rings. The number of para-hydroxylation sites is 1. The number of hydrogen-bond donors (Lipinski definition) is 2. The van der Waals surface area contributed by atoms with Crippen molar-refractivity contribution in [3.05, 3.63) is 42.5 Å². The number of piperidine rings is 1. The van der Waals surface area contributed by atoms with Crippen molar-refractivity contribution in [2.75, 3.05) is 19.6 Å². The third-order valence-electron chi connectivity index (χ3n) is 4.47. The Morgan fingerprint density at radius 2 is 2.00 bits per heavy atom. The lowest BCUT2D eigenvalue weighted by Gasteiger charge is -2.33. The van der Waals surface area contributed by atoms with Crippen LogP contribution >= 0.6 is 12.4 Å². The van der Waals surface area contributed by atoms with Crippen molar-refractivity contribution in [3.63, 3.8) is 0 Å². The van der Waals surface area contributed by atoms with E-state index >= 15 is 0 Å².